The van der Waals surface area contributed by atoms with Crippen molar-refractivity contribution in [3.8, 4) is 0 Å². The molecule has 1 aliphatic heterocycles. The number of rotatable bonds is 0. The van der Waals surface area contributed by atoms with E-state index in [9.17, 15) is 4.79 Å². The Labute approximate surface area is 71.8 Å². The van der Waals surface area contributed by atoms with Gasteiger partial charge < -0.3 is 0 Å². The maximum Gasteiger partial charge on any atom is 0.232 e. The van der Waals surface area contributed by atoms with Crippen LogP contribution in [0.4, 0.5) is 0 Å². The lowest BCUT2D eigenvalue weighted by Gasteiger charge is -2.16. The van der Waals surface area contributed by atoms with Crippen molar-refractivity contribution in [3.63, 3.8) is 0 Å². The van der Waals surface area contributed by atoms with E-state index in [-0.39, 0.29) is 11.3 Å². The topological polar surface area (TPSA) is 53.8 Å². The molecule has 66 valence electrons. The molecule has 1 aliphatic rings. The highest BCUT2D eigenvalue weighted by Gasteiger charge is 2.22. The number of nitrogens with one attached hydrogen (secondary N) is 1. The first-order valence-corrected chi connectivity index (χ1v) is 3.88. The summed E-state index contributed by atoms with van der Waals surface area (Å²) in [6, 6.07) is 0. The fourth-order valence-corrected chi connectivity index (χ4v) is 0.656. The third-order valence-electron chi connectivity index (χ3n) is 1.44. The summed E-state index contributed by atoms with van der Waals surface area (Å²) < 4.78 is 0. The molecule has 0 saturated heterocycles. The van der Waals surface area contributed by atoms with Crippen LogP contribution in [-0.4, -0.2) is 24.6 Å². The second kappa shape index (κ2) is 3.05. The zero-order valence-electron chi connectivity index (χ0n) is 7.59. The molecule has 0 unspecified atom stereocenters. The predicted octanol–water partition coefficient (Wildman–Crippen LogP) is 0.589. The highest BCUT2D eigenvalue weighted by atomic mass is 16.2. The van der Waals surface area contributed by atoms with E-state index in [4.69, 9.17) is 0 Å². The van der Waals surface area contributed by atoms with Crippen molar-refractivity contribution in [2.75, 3.05) is 6.54 Å². The van der Waals surface area contributed by atoms with E-state index >= 15 is 0 Å². The molecule has 4 nitrogen and oxygen atoms in total. The van der Waals surface area contributed by atoms with Gasteiger partial charge in [0.2, 0.25) is 11.9 Å². The third-order valence-corrected chi connectivity index (χ3v) is 1.44. The van der Waals surface area contributed by atoms with Gasteiger partial charge in [-0.05, 0) is 0 Å². The molecule has 0 radical (unpaired) electrons. The van der Waals surface area contributed by atoms with Gasteiger partial charge in [0.05, 0.1) is 6.54 Å². The van der Waals surface area contributed by atoms with Crippen LogP contribution in [0.15, 0.2) is 9.98 Å². The molecule has 1 amide bonds. The first-order chi connectivity index (χ1) is 5.50. The molecule has 0 aromatic rings. The monoisotopic (exact) mass is 167 g/mol. The number of hydrogen-bond donors (Lipinski definition) is 1. The average molecular weight is 167 g/mol. The Kier molecular flexibility index (Phi) is 2.26. The zero-order valence-corrected chi connectivity index (χ0v) is 7.59. The fraction of sp³-hybridized carbons (Fsp3) is 0.625. The van der Waals surface area contributed by atoms with Crippen molar-refractivity contribution in [3.05, 3.63) is 0 Å². The van der Waals surface area contributed by atoms with Crippen LogP contribution < -0.4 is 5.32 Å². The molecule has 0 fully saturated rings. The Morgan fingerprint density at radius 3 is 2.67 bits per heavy atom. The first kappa shape index (κ1) is 8.90. The molecule has 0 aromatic heterocycles. The molecule has 1 heterocycles. The van der Waals surface area contributed by atoms with Crippen LogP contribution in [0.25, 0.3) is 0 Å². The summed E-state index contributed by atoms with van der Waals surface area (Å²) in [5, 5.41) is 2.63. The van der Waals surface area contributed by atoms with Gasteiger partial charge in [0.25, 0.3) is 0 Å². The Bertz CT molecular complexity index is 248. The van der Waals surface area contributed by atoms with E-state index in [1.807, 2.05) is 20.8 Å². The van der Waals surface area contributed by atoms with Crippen LogP contribution in [0.3, 0.4) is 0 Å². The quantitative estimate of drug-likeness (QED) is 0.564. The van der Waals surface area contributed by atoms with Crippen LogP contribution in [0.5, 0.6) is 0 Å². The highest BCUT2D eigenvalue weighted by Crippen LogP contribution is 2.12. The average Bonchev–Trinajstić information content (AvgIpc) is 2.37. The minimum Gasteiger partial charge on any atom is -0.294 e. The van der Waals surface area contributed by atoms with Gasteiger partial charge in [-0.15, -0.1) is 0 Å². The van der Waals surface area contributed by atoms with Gasteiger partial charge in [-0.1, -0.05) is 20.8 Å². The number of hydrogen-bond acceptors (Lipinski definition) is 3. The number of carbonyl (C=O) groups is 1. The van der Waals surface area contributed by atoms with E-state index in [1.165, 1.54) is 0 Å². The van der Waals surface area contributed by atoms with E-state index in [0.717, 1.165) is 0 Å². The summed E-state index contributed by atoms with van der Waals surface area (Å²) in [7, 11) is 0. The third kappa shape index (κ3) is 2.15. The van der Waals surface area contributed by atoms with Gasteiger partial charge in [0.15, 0.2) is 0 Å². The first-order valence-electron chi connectivity index (χ1n) is 3.88. The van der Waals surface area contributed by atoms with Crippen molar-refractivity contribution in [1.82, 2.24) is 5.32 Å². The minimum atomic E-state index is -0.388. The Morgan fingerprint density at radius 1 is 1.58 bits per heavy atom. The van der Waals surface area contributed by atoms with Gasteiger partial charge in [0, 0.05) is 11.6 Å². The van der Waals surface area contributed by atoms with Crippen LogP contribution in [0.1, 0.15) is 20.8 Å². The van der Waals surface area contributed by atoms with Crippen molar-refractivity contribution in [1.29, 1.82) is 0 Å². The lowest BCUT2D eigenvalue weighted by molar-refractivity contribution is -0.126. The molecule has 1 N–H and O–H groups in total. The van der Waals surface area contributed by atoms with Crippen molar-refractivity contribution in [2.45, 2.75) is 20.8 Å². The number of nitrogens with zero attached hydrogens (tertiary/aromatic N) is 2. The molecular weight excluding hydrogens is 154 g/mol. The molecule has 0 aliphatic carbocycles. The van der Waals surface area contributed by atoms with Gasteiger partial charge in [-0.25, -0.2) is 9.98 Å². The van der Waals surface area contributed by atoms with Gasteiger partial charge >= 0.3 is 0 Å². The normalized spacial score (nSPS) is 16.1. The van der Waals surface area contributed by atoms with Gasteiger partial charge in [0.1, 0.15) is 0 Å². The summed E-state index contributed by atoms with van der Waals surface area (Å²) in [6.45, 7) is 6.12. The van der Waals surface area contributed by atoms with E-state index in [0.29, 0.717) is 12.5 Å². The van der Waals surface area contributed by atoms with Crippen molar-refractivity contribution in [2.24, 2.45) is 15.4 Å². The molecule has 0 atom stereocenters. The molecule has 0 aromatic carbocycles. The maximum atomic E-state index is 11.4. The van der Waals surface area contributed by atoms with Crippen LogP contribution in [0.2, 0.25) is 0 Å². The lowest BCUT2D eigenvalue weighted by atomic mass is 9.96. The van der Waals surface area contributed by atoms with Gasteiger partial charge in [-0.2, -0.15) is 0 Å². The second-order valence-electron chi connectivity index (χ2n) is 3.68. The summed E-state index contributed by atoms with van der Waals surface area (Å²) in [5.41, 5.74) is -0.388. The summed E-state index contributed by atoms with van der Waals surface area (Å²) in [6.07, 6.45) is 1.66. The van der Waals surface area contributed by atoms with E-state index in [1.54, 1.807) is 6.21 Å². The standard InChI is InChI=1S/C8H13N3O/c1-8(2,3)6(12)11-7-9-4-5-10-7/h4H,5H2,1-3H3,(H,10,11,12). The zero-order chi connectivity index (χ0) is 9.19. The number of guanidine groups is 1. The molecule has 12 heavy (non-hydrogen) atoms. The van der Waals surface area contributed by atoms with Gasteiger partial charge in [-0.3, -0.25) is 10.1 Å². The van der Waals surface area contributed by atoms with Crippen LogP contribution in [0, 0.1) is 5.41 Å². The van der Waals surface area contributed by atoms with Crippen molar-refractivity contribution < 1.29 is 4.79 Å². The van der Waals surface area contributed by atoms with Crippen LogP contribution >= 0.6 is 0 Å². The Balaban J connectivity index is 2.52. The Hall–Kier alpha value is -1.19. The lowest BCUT2D eigenvalue weighted by Crippen LogP contribution is -2.37. The fourth-order valence-electron chi connectivity index (χ4n) is 0.656. The number of carbonyl (C=O) groups excluding carboxylic acids is 1. The highest BCUT2D eigenvalue weighted by molar-refractivity contribution is 6.04. The molecule has 0 saturated carbocycles. The van der Waals surface area contributed by atoms with Crippen molar-refractivity contribution >= 4 is 18.1 Å². The van der Waals surface area contributed by atoms with E-state index in [2.05, 4.69) is 15.3 Å². The molecule has 1 rings (SSSR count). The molecule has 4 heteroatoms. The molecule has 0 bridgehead atoms. The SMILES string of the molecule is CC(C)(C)C(=O)NC1=NCC=N1. The maximum absolute atomic E-state index is 11.4. The molecule has 0 spiro atoms. The Morgan fingerprint density at radius 2 is 2.25 bits per heavy atom. The number of aliphatic imine (C=N–C) groups is 2. The summed E-state index contributed by atoms with van der Waals surface area (Å²) >= 11 is 0. The number of amides is 1. The summed E-state index contributed by atoms with van der Waals surface area (Å²) in [4.78, 5) is 19.2. The summed E-state index contributed by atoms with van der Waals surface area (Å²) in [5.74, 6) is 0.371. The second-order valence-corrected chi connectivity index (χ2v) is 3.68. The predicted molar refractivity (Wildman–Crippen MR) is 48.4 cm³/mol. The van der Waals surface area contributed by atoms with E-state index < -0.39 is 0 Å². The largest absolute Gasteiger partial charge is 0.294 e. The van der Waals surface area contributed by atoms with Crippen LogP contribution in [-0.2, 0) is 4.79 Å². The smallest absolute Gasteiger partial charge is 0.232 e. The minimum absolute atomic E-state index is 0.0553. The molecular formula is C8H13N3O.